The second-order valence-electron chi connectivity index (χ2n) is 12.5. The Morgan fingerprint density at radius 2 is 1.84 bits per heavy atom. The van der Waals surface area contributed by atoms with Crippen molar-refractivity contribution in [3.63, 3.8) is 0 Å². The smallest absolute Gasteiger partial charge is 0.290 e. The van der Waals surface area contributed by atoms with Gasteiger partial charge in [0.05, 0.1) is 0 Å². The third-order valence-corrected chi connectivity index (χ3v) is 8.10. The first-order valence-corrected chi connectivity index (χ1v) is 13.3. The number of ketones is 1. The Kier molecular flexibility index (Phi) is 6.43. The van der Waals surface area contributed by atoms with Gasteiger partial charge in [-0.2, -0.15) is 5.10 Å². The summed E-state index contributed by atoms with van der Waals surface area (Å²) in [6.45, 7) is 10.5. The second-order valence-corrected chi connectivity index (χ2v) is 12.5. The van der Waals surface area contributed by atoms with Crippen molar-refractivity contribution in [3.05, 3.63) is 41.3 Å². The number of likely N-dealkylation sites (tertiary alicyclic amines) is 1. The van der Waals surface area contributed by atoms with E-state index in [2.05, 4.69) is 36.0 Å². The van der Waals surface area contributed by atoms with Crippen molar-refractivity contribution < 1.29 is 22.8 Å². The highest BCUT2D eigenvalue weighted by Gasteiger charge is 2.42. The van der Waals surface area contributed by atoms with Gasteiger partial charge in [-0.3, -0.25) is 14.7 Å². The predicted octanol–water partition coefficient (Wildman–Crippen LogP) is 6.05. The van der Waals surface area contributed by atoms with Crippen LogP contribution >= 0.6 is 0 Å². The number of carbonyl (C=O) groups excluding carboxylic acids is 2. The second kappa shape index (κ2) is 9.24. The lowest BCUT2D eigenvalue weighted by Crippen LogP contribution is -2.53. The Morgan fingerprint density at radius 3 is 2.45 bits per heavy atom. The SMILES string of the molecule is CC(C)(C)c1cc(C2CCC(F)(F)CC2)nc2cc(C(=O)N3CCC(C(=O)c4ncn[nH]4)CC3(C)C)oc12. The first-order valence-electron chi connectivity index (χ1n) is 13.3. The van der Waals surface area contributed by atoms with Crippen molar-refractivity contribution in [1.29, 1.82) is 0 Å². The van der Waals surface area contributed by atoms with Gasteiger partial charge in [-0.25, -0.2) is 18.7 Å². The standard InChI is InChI=1S/C28H35F2N5O3/c1-26(2,3)18-12-19(16-6-9-28(29,30)10-7-16)33-20-13-21(38-23(18)20)25(37)35-11-8-17(14-27(35,4)5)22(36)24-31-15-32-34-24/h12-13,15-17H,6-11,14H2,1-5H3,(H,31,32,34). The molecule has 0 aromatic carbocycles. The van der Waals surface area contributed by atoms with E-state index in [9.17, 15) is 18.4 Å². The molecule has 1 aliphatic heterocycles. The topological polar surface area (TPSA) is 105 Å². The zero-order valence-corrected chi connectivity index (χ0v) is 22.6. The Morgan fingerprint density at radius 1 is 1.13 bits per heavy atom. The molecule has 0 radical (unpaired) electrons. The number of halogens is 2. The van der Waals surface area contributed by atoms with Gasteiger partial charge in [0, 0.05) is 54.1 Å². The molecule has 204 valence electrons. The molecule has 3 aromatic heterocycles. The number of nitrogens with zero attached hydrogens (tertiary/aromatic N) is 4. The highest BCUT2D eigenvalue weighted by molar-refractivity contribution is 5.97. The van der Waals surface area contributed by atoms with Crippen LogP contribution in [0.5, 0.6) is 0 Å². The van der Waals surface area contributed by atoms with E-state index in [1.807, 2.05) is 19.9 Å². The number of aromatic nitrogens is 4. The number of rotatable bonds is 4. The number of hydrogen-bond donors (Lipinski definition) is 1. The van der Waals surface area contributed by atoms with Gasteiger partial charge in [-0.1, -0.05) is 20.8 Å². The average Bonchev–Trinajstić information content (AvgIpc) is 3.51. The lowest BCUT2D eigenvalue weighted by atomic mass is 9.80. The van der Waals surface area contributed by atoms with E-state index >= 15 is 0 Å². The number of aromatic amines is 1. The van der Waals surface area contributed by atoms with Crippen LogP contribution in [0.2, 0.25) is 0 Å². The Labute approximate surface area is 220 Å². The van der Waals surface area contributed by atoms with Gasteiger partial charge in [-0.15, -0.1) is 0 Å². The number of hydrogen-bond acceptors (Lipinski definition) is 6. The molecule has 1 unspecified atom stereocenters. The molecule has 1 saturated carbocycles. The van der Waals surface area contributed by atoms with Crippen LogP contribution in [-0.4, -0.2) is 54.8 Å². The minimum absolute atomic E-state index is 0.0472. The summed E-state index contributed by atoms with van der Waals surface area (Å²) in [5.74, 6) is -2.84. The van der Waals surface area contributed by atoms with Crippen LogP contribution < -0.4 is 0 Å². The third kappa shape index (κ3) is 4.97. The molecule has 2 aliphatic rings. The molecule has 4 heterocycles. The third-order valence-electron chi connectivity index (χ3n) is 8.10. The van der Waals surface area contributed by atoms with Crippen molar-refractivity contribution in [3.8, 4) is 0 Å². The quantitative estimate of drug-likeness (QED) is 0.414. The summed E-state index contributed by atoms with van der Waals surface area (Å²) in [6.07, 6.45) is 2.80. The largest absolute Gasteiger partial charge is 0.449 e. The fraction of sp³-hybridized carbons (Fsp3) is 0.607. The van der Waals surface area contributed by atoms with Gasteiger partial charge >= 0.3 is 0 Å². The number of amides is 1. The number of pyridine rings is 1. The molecule has 3 aromatic rings. The van der Waals surface area contributed by atoms with Gasteiger partial charge in [-0.05, 0) is 51.0 Å². The maximum absolute atomic E-state index is 13.8. The average molecular weight is 528 g/mol. The predicted molar refractivity (Wildman–Crippen MR) is 137 cm³/mol. The molecule has 10 heteroatoms. The minimum atomic E-state index is -2.61. The summed E-state index contributed by atoms with van der Waals surface area (Å²) in [5.41, 5.74) is 1.92. The van der Waals surface area contributed by atoms with Crippen molar-refractivity contribution in [1.82, 2.24) is 25.1 Å². The molecule has 5 rings (SSSR count). The van der Waals surface area contributed by atoms with E-state index in [-0.39, 0.29) is 53.4 Å². The van der Waals surface area contributed by atoms with E-state index in [4.69, 9.17) is 9.40 Å². The lowest BCUT2D eigenvalue weighted by molar-refractivity contribution is -0.0384. The molecular weight excluding hydrogens is 492 g/mol. The molecule has 1 amide bonds. The summed E-state index contributed by atoms with van der Waals surface area (Å²) in [4.78, 5) is 37.1. The number of piperidine rings is 1. The van der Waals surface area contributed by atoms with E-state index < -0.39 is 11.5 Å². The van der Waals surface area contributed by atoms with E-state index in [1.54, 1.807) is 11.0 Å². The van der Waals surface area contributed by atoms with Gasteiger partial charge in [0.25, 0.3) is 5.91 Å². The Bertz CT molecular complexity index is 1350. The highest BCUT2D eigenvalue weighted by atomic mass is 19.3. The number of H-pyrrole nitrogens is 1. The van der Waals surface area contributed by atoms with Crippen LogP contribution in [0.25, 0.3) is 11.1 Å². The van der Waals surface area contributed by atoms with Gasteiger partial charge < -0.3 is 9.32 Å². The van der Waals surface area contributed by atoms with E-state index in [0.717, 1.165) is 11.3 Å². The molecule has 1 N–H and O–H groups in total. The van der Waals surface area contributed by atoms with E-state index in [0.29, 0.717) is 43.3 Å². The molecule has 2 fully saturated rings. The van der Waals surface area contributed by atoms with E-state index in [1.165, 1.54) is 6.33 Å². The van der Waals surface area contributed by atoms with Crippen molar-refractivity contribution in [2.75, 3.05) is 6.54 Å². The minimum Gasteiger partial charge on any atom is -0.449 e. The first-order chi connectivity index (χ1) is 17.7. The molecule has 1 saturated heterocycles. The summed E-state index contributed by atoms with van der Waals surface area (Å²) < 4.78 is 33.7. The van der Waals surface area contributed by atoms with Crippen molar-refractivity contribution >= 4 is 22.8 Å². The molecule has 0 bridgehead atoms. The highest BCUT2D eigenvalue weighted by Crippen LogP contribution is 2.43. The maximum atomic E-state index is 13.8. The zero-order chi connectivity index (χ0) is 27.5. The Hall–Kier alpha value is -3.17. The van der Waals surface area contributed by atoms with Crippen LogP contribution in [0.1, 0.15) is 111 Å². The molecule has 0 spiro atoms. The van der Waals surface area contributed by atoms with Crippen molar-refractivity contribution in [2.24, 2.45) is 5.92 Å². The number of Topliss-reactive ketones (excluding diaryl/α,β-unsaturated/α-hetero) is 1. The van der Waals surface area contributed by atoms with Gasteiger partial charge in [0.15, 0.2) is 17.2 Å². The lowest BCUT2D eigenvalue weighted by Gasteiger charge is -2.44. The van der Waals surface area contributed by atoms with Crippen LogP contribution in [0.3, 0.4) is 0 Å². The molecule has 38 heavy (non-hydrogen) atoms. The van der Waals surface area contributed by atoms with Crippen LogP contribution in [0.4, 0.5) is 8.78 Å². The summed E-state index contributed by atoms with van der Waals surface area (Å²) in [5, 5.41) is 6.41. The fourth-order valence-electron chi connectivity index (χ4n) is 5.90. The number of fused-ring (bicyclic) bond motifs is 1. The number of furan rings is 1. The Balaban J connectivity index is 1.43. The zero-order valence-electron chi connectivity index (χ0n) is 22.6. The summed E-state index contributed by atoms with van der Waals surface area (Å²) in [6, 6.07) is 3.65. The number of nitrogens with one attached hydrogen (secondary N) is 1. The summed E-state index contributed by atoms with van der Waals surface area (Å²) >= 11 is 0. The van der Waals surface area contributed by atoms with Crippen LogP contribution in [0.15, 0.2) is 22.9 Å². The van der Waals surface area contributed by atoms with Crippen LogP contribution in [-0.2, 0) is 5.41 Å². The normalized spacial score (nSPS) is 22.1. The van der Waals surface area contributed by atoms with Gasteiger partial charge in [0.1, 0.15) is 11.8 Å². The first kappa shape index (κ1) is 26.4. The van der Waals surface area contributed by atoms with Gasteiger partial charge in [0.2, 0.25) is 11.7 Å². The number of alkyl halides is 2. The molecule has 8 nitrogen and oxygen atoms in total. The summed E-state index contributed by atoms with van der Waals surface area (Å²) in [7, 11) is 0. The fourth-order valence-corrected chi connectivity index (χ4v) is 5.90. The number of carbonyl (C=O) groups is 2. The van der Waals surface area contributed by atoms with Crippen molar-refractivity contribution in [2.45, 2.75) is 95.9 Å². The molecule has 1 aliphatic carbocycles. The molecular formula is C28H35F2N5O3. The molecule has 1 atom stereocenters. The monoisotopic (exact) mass is 527 g/mol. The van der Waals surface area contributed by atoms with Crippen LogP contribution in [0, 0.1) is 5.92 Å². The maximum Gasteiger partial charge on any atom is 0.290 e.